The zero-order chi connectivity index (χ0) is 23.0. The molecule has 1 aromatic heterocycles. The summed E-state index contributed by atoms with van der Waals surface area (Å²) in [4.78, 5) is 24.4. The van der Waals surface area contributed by atoms with E-state index in [0.717, 1.165) is 22.5 Å². The highest BCUT2D eigenvalue weighted by atomic mass is 35.5. The van der Waals surface area contributed by atoms with Crippen LogP contribution >= 0.6 is 11.6 Å². The first-order valence-electron chi connectivity index (χ1n) is 10.6. The number of rotatable bonds is 6. The zero-order valence-electron chi connectivity index (χ0n) is 18.2. The number of benzene rings is 3. The van der Waals surface area contributed by atoms with Crippen molar-refractivity contribution >= 4 is 29.2 Å². The molecule has 0 aliphatic rings. The molecule has 4 rings (SSSR count). The number of carbonyl (C=O) groups is 1. The highest BCUT2D eigenvalue weighted by Crippen LogP contribution is 2.22. The summed E-state index contributed by atoms with van der Waals surface area (Å²) >= 11 is 6.03. The lowest BCUT2D eigenvalue weighted by atomic mass is 10.0. The number of aliphatic imine (C=N–C) groups is 1. The van der Waals surface area contributed by atoms with Gasteiger partial charge in [0.05, 0.1) is 6.33 Å². The smallest absolute Gasteiger partial charge is 0.258 e. The quantitative estimate of drug-likeness (QED) is 0.265. The van der Waals surface area contributed by atoms with Crippen LogP contribution in [0.1, 0.15) is 21.6 Å². The Bertz CT molecular complexity index is 1230. The fourth-order valence-corrected chi connectivity index (χ4v) is 3.45. The molecule has 3 N–H and O–H groups in total. The number of guanidine groups is 1. The molecular weight excluding hydrogens is 434 g/mol. The minimum Gasteiger partial charge on any atom is -0.348 e. The molecule has 0 atom stereocenters. The lowest BCUT2D eigenvalue weighted by Crippen LogP contribution is -2.36. The minimum absolute atomic E-state index is 0.290. The first-order chi connectivity index (χ1) is 16.1. The maximum absolute atomic E-state index is 12.7. The highest BCUT2D eigenvalue weighted by molar-refractivity contribution is 6.31. The largest absolute Gasteiger partial charge is 0.348 e. The van der Waals surface area contributed by atoms with Crippen LogP contribution in [0.4, 0.5) is 5.69 Å². The number of H-pyrrole nitrogens is 1. The van der Waals surface area contributed by atoms with Crippen molar-refractivity contribution in [1.82, 2.24) is 15.3 Å². The average Bonchev–Trinajstić information content (AvgIpc) is 3.34. The fourth-order valence-electron chi connectivity index (χ4n) is 3.26. The molecule has 0 unspecified atom stereocenters. The molecule has 1 amide bonds. The number of hydrogen-bond acceptors (Lipinski definition) is 3. The van der Waals surface area contributed by atoms with Gasteiger partial charge >= 0.3 is 0 Å². The minimum atomic E-state index is -0.290. The second kappa shape index (κ2) is 10.6. The van der Waals surface area contributed by atoms with E-state index in [1.165, 1.54) is 5.56 Å². The first-order valence-corrected chi connectivity index (χ1v) is 11.0. The number of nitrogens with zero attached hydrogens (tertiary/aromatic N) is 2. The van der Waals surface area contributed by atoms with Gasteiger partial charge in [0.15, 0.2) is 0 Å². The molecule has 7 heteroatoms. The van der Waals surface area contributed by atoms with Crippen LogP contribution < -0.4 is 10.6 Å². The third-order valence-corrected chi connectivity index (χ3v) is 5.29. The van der Waals surface area contributed by atoms with Crippen molar-refractivity contribution in [2.24, 2.45) is 4.99 Å². The van der Waals surface area contributed by atoms with Crippen molar-refractivity contribution in [3.05, 3.63) is 107 Å². The van der Waals surface area contributed by atoms with Crippen LogP contribution in [-0.4, -0.2) is 28.4 Å². The van der Waals surface area contributed by atoms with Crippen LogP contribution in [0.5, 0.6) is 0 Å². The van der Waals surface area contributed by atoms with Gasteiger partial charge in [-0.3, -0.25) is 15.1 Å². The summed E-state index contributed by atoms with van der Waals surface area (Å²) in [6, 6.07) is 23.2. The standard InChI is InChI=1S/C26H24ClN5O/c1-18-5-7-19(8-6-18)20-9-11-23(12-10-20)31-26(29-14-13-24-16-28-17-30-24)32-25(33)21-3-2-4-22(27)15-21/h2-12,15-17H,13-14H2,1H3,(H,28,30)(H2,29,31,32,33). The van der Waals surface area contributed by atoms with Gasteiger partial charge in [-0.25, -0.2) is 4.98 Å². The van der Waals surface area contributed by atoms with Crippen molar-refractivity contribution < 1.29 is 4.79 Å². The van der Waals surface area contributed by atoms with E-state index in [1.54, 1.807) is 36.8 Å². The van der Waals surface area contributed by atoms with Gasteiger partial charge in [0.25, 0.3) is 5.91 Å². The van der Waals surface area contributed by atoms with Crippen LogP contribution in [0, 0.1) is 6.92 Å². The molecule has 0 bridgehead atoms. The van der Waals surface area contributed by atoms with Gasteiger partial charge < -0.3 is 10.3 Å². The molecule has 0 spiro atoms. The van der Waals surface area contributed by atoms with E-state index in [9.17, 15) is 4.79 Å². The fraction of sp³-hybridized carbons (Fsp3) is 0.115. The molecule has 33 heavy (non-hydrogen) atoms. The Morgan fingerprint density at radius 3 is 2.42 bits per heavy atom. The van der Waals surface area contributed by atoms with E-state index < -0.39 is 0 Å². The first kappa shape index (κ1) is 22.3. The maximum atomic E-state index is 12.7. The summed E-state index contributed by atoms with van der Waals surface area (Å²) in [5, 5.41) is 6.58. The Balaban J connectivity index is 1.49. The lowest BCUT2D eigenvalue weighted by Gasteiger charge is -2.13. The third kappa shape index (κ3) is 6.30. The van der Waals surface area contributed by atoms with E-state index in [1.807, 2.05) is 24.3 Å². The predicted molar refractivity (Wildman–Crippen MR) is 134 cm³/mol. The Hall–Kier alpha value is -3.90. The second-order valence-electron chi connectivity index (χ2n) is 7.59. The molecule has 0 fully saturated rings. The predicted octanol–water partition coefficient (Wildman–Crippen LogP) is 5.48. The number of aromatic nitrogens is 2. The van der Waals surface area contributed by atoms with E-state index in [4.69, 9.17) is 11.6 Å². The van der Waals surface area contributed by atoms with E-state index in [0.29, 0.717) is 29.5 Å². The lowest BCUT2D eigenvalue weighted by molar-refractivity contribution is 0.0977. The molecule has 1 heterocycles. The maximum Gasteiger partial charge on any atom is 0.258 e. The molecular formula is C26H24ClN5O. The molecule has 166 valence electrons. The Labute approximate surface area is 197 Å². The normalized spacial score (nSPS) is 11.3. The van der Waals surface area contributed by atoms with Crippen LogP contribution in [0.3, 0.4) is 0 Å². The summed E-state index contributed by atoms with van der Waals surface area (Å²) in [7, 11) is 0. The molecule has 6 nitrogen and oxygen atoms in total. The van der Waals surface area contributed by atoms with E-state index >= 15 is 0 Å². The zero-order valence-corrected chi connectivity index (χ0v) is 18.9. The summed E-state index contributed by atoms with van der Waals surface area (Å²) in [6.07, 6.45) is 4.07. The SMILES string of the molecule is Cc1ccc(-c2ccc(NC(=NCCc3cnc[nH]3)NC(=O)c3cccc(Cl)c3)cc2)cc1. The van der Waals surface area contributed by atoms with Crippen LogP contribution in [0.25, 0.3) is 11.1 Å². The second-order valence-corrected chi connectivity index (χ2v) is 8.03. The van der Waals surface area contributed by atoms with Crippen molar-refractivity contribution in [2.75, 3.05) is 11.9 Å². The summed E-state index contributed by atoms with van der Waals surface area (Å²) in [6.45, 7) is 2.55. The van der Waals surface area contributed by atoms with Gasteiger partial charge in [0, 0.05) is 41.1 Å². The molecule has 0 radical (unpaired) electrons. The Kier molecular flexibility index (Phi) is 7.17. The number of aromatic amines is 1. The molecule has 0 saturated heterocycles. The number of nitrogens with one attached hydrogen (secondary N) is 3. The van der Waals surface area contributed by atoms with Crippen molar-refractivity contribution in [3.8, 4) is 11.1 Å². The summed E-state index contributed by atoms with van der Waals surface area (Å²) < 4.78 is 0. The summed E-state index contributed by atoms with van der Waals surface area (Å²) in [5.41, 5.74) is 5.74. The molecule has 0 saturated carbocycles. The van der Waals surface area contributed by atoms with Crippen LogP contribution in [0.2, 0.25) is 5.02 Å². The number of hydrogen-bond donors (Lipinski definition) is 3. The molecule has 0 aliphatic heterocycles. The molecule has 0 aliphatic carbocycles. The van der Waals surface area contributed by atoms with Crippen LogP contribution in [-0.2, 0) is 6.42 Å². The average molecular weight is 458 g/mol. The van der Waals surface area contributed by atoms with Gasteiger partial charge in [-0.1, -0.05) is 59.6 Å². The van der Waals surface area contributed by atoms with Gasteiger partial charge in [-0.15, -0.1) is 0 Å². The van der Waals surface area contributed by atoms with Crippen molar-refractivity contribution in [2.45, 2.75) is 13.3 Å². The molecule has 4 aromatic rings. The highest BCUT2D eigenvalue weighted by Gasteiger charge is 2.10. The number of anilines is 1. The van der Waals surface area contributed by atoms with E-state index in [-0.39, 0.29) is 5.91 Å². The van der Waals surface area contributed by atoms with Gasteiger partial charge in [-0.2, -0.15) is 0 Å². The van der Waals surface area contributed by atoms with Gasteiger partial charge in [0.2, 0.25) is 5.96 Å². The summed E-state index contributed by atoms with van der Waals surface area (Å²) in [5.74, 6) is 0.0733. The Morgan fingerprint density at radius 1 is 1.03 bits per heavy atom. The van der Waals surface area contributed by atoms with E-state index in [2.05, 4.69) is 56.8 Å². The number of halogens is 1. The number of imidazole rings is 1. The monoisotopic (exact) mass is 457 g/mol. The number of carbonyl (C=O) groups excluding carboxylic acids is 1. The number of amides is 1. The Morgan fingerprint density at radius 2 is 1.76 bits per heavy atom. The topological polar surface area (TPSA) is 82.2 Å². The van der Waals surface area contributed by atoms with Gasteiger partial charge in [-0.05, 0) is 48.4 Å². The van der Waals surface area contributed by atoms with Crippen LogP contribution in [0.15, 0.2) is 90.3 Å². The number of aryl methyl sites for hydroxylation is 1. The third-order valence-electron chi connectivity index (χ3n) is 5.06. The van der Waals surface area contributed by atoms with Gasteiger partial charge in [0.1, 0.15) is 0 Å². The van der Waals surface area contributed by atoms with Crippen molar-refractivity contribution in [1.29, 1.82) is 0 Å². The van der Waals surface area contributed by atoms with Crippen molar-refractivity contribution in [3.63, 3.8) is 0 Å². The molecule has 3 aromatic carbocycles.